The zero-order chi connectivity index (χ0) is 16.4. The molecule has 2 aromatic carbocycles. The van der Waals surface area contributed by atoms with E-state index in [0.717, 1.165) is 0 Å². The number of hydrogen-bond acceptors (Lipinski definition) is 4. The lowest BCUT2D eigenvalue weighted by molar-refractivity contribution is 0.0846. The van der Waals surface area contributed by atoms with Crippen LogP contribution in [-0.4, -0.2) is 18.6 Å². The molecule has 2 N–H and O–H groups in total. The molecule has 0 unspecified atom stereocenters. The highest BCUT2D eigenvalue weighted by Crippen LogP contribution is 2.32. The van der Waals surface area contributed by atoms with Gasteiger partial charge < -0.3 is 9.47 Å². The Morgan fingerprint density at radius 1 is 0.826 bits per heavy atom. The molecule has 0 radical (unpaired) electrons. The smallest absolute Gasteiger partial charge is 0.269 e. The Labute approximate surface area is 141 Å². The fourth-order valence-corrected chi connectivity index (χ4v) is 2.23. The van der Waals surface area contributed by atoms with E-state index in [0.29, 0.717) is 22.1 Å². The van der Waals surface area contributed by atoms with Crippen LogP contribution >= 0.6 is 23.2 Å². The first-order valence-corrected chi connectivity index (χ1v) is 7.25. The number of fused-ring (bicyclic) bond motifs is 1. The molecule has 0 fully saturated rings. The summed E-state index contributed by atoms with van der Waals surface area (Å²) < 4.78 is 10.4. The number of rotatable bonds is 2. The van der Waals surface area contributed by atoms with Crippen molar-refractivity contribution in [1.82, 2.24) is 10.9 Å². The highest BCUT2D eigenvalue weighted by Gasteiger charge is 2.16. The number of benzene rings is 2. The zero-order valence-corrected chi connectivity index (χ0v) is 13.1. The van der Waals surface area contributed by atoms with Crippen LogP contribution in [0.25, 0.3) is 0 Å². The number of hydrazine groups is 1. The molecule has 2 aromatic rings. The van der Waals surface area contributed by atoms with Crippen LogP contribution in [0.1, 0.15) is 20.7 Å². The number of hydrogen-bond donors (Lipinski definition) is 2. The quantitative estimate of drug-likeness (QED) is 0.814. The Kier molecular flexibility index (Phi) is 4.27. The minimum Gasteiger partial charge on any atom is -0.454 e. The predicted octanol–water partition coefficient (Wildman–Crippen LogP) is 2.80. The first-order valence-electron chi connectivity index (χ1n) is 6.50. The summed E-state index contributed by atoms with van der Waals surface area (Å²) in [7, 11) is 0. The number of carbonyl (C=O) groups excluding carboxylic acids is 2. The summed E-state index contributed by atoms with van der Waals surface area (Å²) in [4.78, 5) is 24.0. The van der Waals surface area contributed by atoms with Gasteiger partial charge in [-0.3, -0.25) is 20.4 Å². The van der Waals surface area contributed by atoms with Crippen LogP contribution in [0.5, 0.6) is 11.5 Å². The van der Waals surface area contributed by atoms with E-state index in [1.165, 1.54) is 24.3 Å². The van der Waals surface area contributed by atoms with Gasteiger partial charge in [-0.15, -0.1) is 0 Å². The molecule has 8 heteroatoms. The Balaban J connectivity index is 1.64. The summed E-state index contributed by atoms with van der Waals surface area (Å²) in [6.07, 6.45) is 0. The normalized spacial score (nSPS) is 11.9. The van der Waals surface area contributed by atoms with E-state index >= 15 is 0 Å². The molecule has 0 aliphatic carbocycles. The molecule has 1 heterocycles. The Morgan fingerprint density at radius 2 is 1.43 bits per heavy atom. The van der Waals surface area contributed by atoms with Gasteiger partial charge in [0.05, 0.1) is 10.0 Å². The van der Waals surface area contributed by atoms with E-state index in [2.05, 4.69) is 10.9 Å². The topological polar surface area (TPSA) is 76.7 Å². The first kappa shape index (κ1) is 15.5. The fraction of sp³-hybridized carbons (Fsp3) is 0.0667. The monoisotopic (exact) mass is 352 g/mol. The van der Waals surface area contributed by atoms with E-state index in [1.54, 1.807) is 12.1 Å². The average molecular weight is 353 g/mol. The molecule has 118 valence electrons. The lowest BCUT2D eigenvalue weighted by Crippen LogP contribution is -2.41. The maximum Gasteiger partial charge on any atom is 0.269 e. The van der Waals surface area contributed by atoms with Gasteiger partial charge in [0.25, 0.3) is 11.8 Å². The number of amides is 2. The Bertz CT molecular complexity index is 795. The van der Waals surface area contributed by atoms with Gasteiger partial charge in [-0.05, 0) is 36.4 Å². The van der Waals surface area contributed by atoms with Crippen molar-refractivity contribution in [2.75, 3.05) is 6.79 Å². The first-order chi connectivity index (χ1) is 11.0. The molecule has 0 atom stereocenters. The van der Waals surface area contributed by atoms with Crippen molar-refractivity contribution in [3.8, 4) is 11.5 Å². The molecular formula is C15H10Cl2N2O4. The molecular weight excluding hydrogens is 343 g/mol. The maximum absolute atomic E-state index is 12.0. The molecule has 3 rings (SSSR count). The minimum atomic E-state index is -0.516. The summed E-state index contributed by atoms with van der Waals surface area (Å²) in [5.74, 6) is 0.0456. The van der Waals surface area contributed by atoms with Gasteiger partial charge in [0.1, 0.15) is 0 Å². The van der Waals surface area contributed by atoms with Crippen molar-refractivity contribution in [2.24, 2.45) is 0 Å². The minimum absolute atomic E-state index is 0.120. The summed E-state index contributed by atoms with van der Waals surface area (Å²) >= 11 is 11.6. The number of ether oxygens (including phenoxy) is 2. The summed E-state index contributed by atoms with van der Waals surface area (Å²) in [5, 5.41) is 0.592. The fourth-order valence-electron chi connectivity index (χ4n) is 1.93. The van der Waals surface area contributed by atoms with Crippen LogP contribution in [0.4, 0.5) is 0 Å². The van der Waals surface area contributed by atoms with Crippen molar-refractivity contribution >= 4 is 35.0 Å². The average Bonchev–Trinajstić information content (AvgIpc) is 3.02. The Morgan fingerprint density at radius 3 is 2.13 bits per heavy atom. The number of nitrogens with one attached hydrogen (secondary N) is 2. The Hall–Kier alpha value is -2.44. The van der Waals surface area contributed by atoms with E-state index in [4.69, 9.17) is 32.7 Å². The van der Waals surface area contributed by atoms with Gasteiger partial charge in [0.2, 0.25) is 6.79 Å². The third-order valence-electron chi connectivity index (χ3n) is 3.11. The van der Waals surface area contributed by atoms with Crippen molar-refractivity contribution < 1.29 is 19.1 Å². The number of halogens is 2. The predicted molar refractivity (Wildman–Crippen MR) is 84.0 cm³/mol. The lowest BCUT2D eigenvalue weighted by Gasteiger charge is -2.08. The van der Waals surface area contributed by atoms with Crippen LogP contribution in [0.3, 0.4) is 0 Å². The number of carbonyl (C=O) groups is 2. The second-order valence-corrected chi connectivity index (χ2v) is 5.42. The molecule has 23 heavy (non-hydrogen) atoms. The molecule has 0 aromatic heterocycles. The lowest BCUT2D eigenvalue weighted by atomic mass is 10.2. The highest BCUT2D eigenvalue weighted by atomic mass is 35.5. The third kappa shape index (κ3) is 3.33. The van der Waals surface area contributed by atoms with Gasteiger partial charge in [0, 0.05) is 11.1 Å². The molecule has 1 aliphatic rings. The molecule has 0 saturated heterocycles. The van der Waals surface area contributed by atoms with E-state index in [-0.39, 0.29) is 17.4 Å². The zero-order valence-electron chi connectivity index (χ0n) is 11.6. The molecule has 0 saturated carbocycles. The van der Waals surface area contributed by atoms with E-state index in [9.17, 15) is 9.59 Å². The second-order valence-electron chi connectivity index (χ2n) is 4.61. The van der Waals surface area contributed by atoms with E-state index in [1.807, 2.05) is 0 Å². The van der Waals surface area contributed by atoms with Crippen molar-refractivity contribution in [3.05, 3.63) is 57.6 Å². The van der Waals surface area contributed by atoms with Gasteiger partial charge in [0.15, 0.2) is 11.5 Å². The summed E-state index contributed by atoms with van der Waals surface area (Å²) in [5.41, 5.74) is 5.20. The summed E-state index contributed by atoms with van der Waals surface area (Å²) in [6.45, 7) is 0.120. The molecule has 0 bridgehead atoms. The summed E-state index contributed by atoms with van der Waals surface area (Å²) in [6, 6.07) is 9.12. The van der Waals surface area contributed by atoms with E-state index < -0.39 is 11.8 Å². The van der Waals surface area contributed by atoms with Crippen LogP contribution in [0.15, 0.2) is 36.4 Å². The van der Waals surface area contributed by atoms with Gasteiger partial charge in [-0.1, -0.05) is 23.2 Å². The van der Waals surface area contributed by atoms with Crippen LogP contribution in [0, 0.1) is 0 Å². The van der Waals surface area contributed by atoms with Gasteiger partial charge >= 0.3 is 0 Å². The third-order valence-corrected chi connectivity index (χ3v) is 3.85. The van der Waals surface area contributed by atoms with Crippen LogP contribution in [-0.2, 0) is 0 Å². The van der Waals surface area contributed by atoms with Crippen LogP contribution in [0.2, 0.25) is 10.0 Å². The maximum atomic E-state index is 12.0. The highest BCUT2D eigenvalue weighted by molar-refractivity contribution is 6.42. The molecule has 2 amide bonds. The standard InChI is InChI=1S/C15H10Cl2N2O4/c16-10-3-1-8(5-11(10)17)14(20)18-19-15(21)9-2-4-12-13(6-9)23-7-22-12/h1-6H,7H2,(H,18,20)(H,19,21). The second kappa shape index (κ2) is 6.36. The van der Waals surface area contributed by atoms with Crippen LogP contribution < -0.4 is 20.3 Å². The van der Waals surface area contributed by atoms with Gasteiger partial charge in [-0.25, -0.2) is 0 Å². The van der Waals surface area contributed by atoms with Crippen molar-refractivity contribution in [3.63, 3.8) is 0 Å². The van der Waals surface area contributed by atoms with Crippen molar-refractivity contribution in [2.45, 2.75) is 0 Å². The van der Waals surface area contributed by atoms with Crippen molar-refractivity contribution in [1.29, 1.82) is 0 Å². The molecule has 1 aliphatic heterocycles. The largest absolute Gasteiger partial charge is 0.454 e. The van der Waals surface area contributed by atoms with Gasteiger partial charge in [-0.2, -0.15) is 0 Å². The molecule has 0 spiro atoms. The SMILES string of the molecule is O=C(NNC(=O)c1ccc2c(c1)OCO2)c1ccc(Cl)c(Cl)c1. The molecule has 6 nitrogen and oxygen atoms in total.